The fourth-order valence-corrected chi connectivity index (χ4v) is 3.21. The Morgan fingerprint density at radius 2 is 2.10 bits per heavy atom. The first-order valence-electron chi connectivity index (χ1n) is 6.18. The van der Waals surface area contributed by atoms with E-state index in [9.17, 15) is 8.42 Å². The van der Waals surface area contributed by atoms with Crippen molar-refractivity contribution in [3.8, 4) is 11.1 Å². The Bertz CT molecular complexity index is 919. The van der Waals surface area contributed by atoms with Crippen molar-refractivity contribution in [3.63, 3.8) is 0 Å². The number of hydrogen-bond acceptors (Lipinski definition) is 3. The van der Waals surface area contributed by atoms with Crippen LogP contribution in [-0.4, -0.2) is 25.4 Å². The average Bonchev–Trinajstić information content (AvgIpc) is 2.97. The van der Waals surface area contributed by atoms with Crippen molar-refractivity contribution in [2.45, 2.75) is 4.90 Å². The van der Waals surface area contributed by atoms with Gasteiger partial charge in [-0.1, -0.05) is 23.7 Å². The highest BCUT2D eigenvalue weighted by Gasteiger charge is 2.14. The molecule has 0 unspecified atom stereocenters. The molecule has 2 heterocycles. The predicted octanol–water partition coefficient (Wildman–Crippen LogP) is 2.79. The van der Waals surface area contributed by atoms with Gasteiger partial charge < -0.3 is 4.98 Å². The number of nitrogens with zero attached hydrogens (tertiary/aromatic N) is 1. The van der Waals surface area contributed by atoms with E-state index in [2.05, 4.69) is 14.7 Å². The number of hydrogen-bond donors (Lipinski definition) is 2. The lowest BCUT2D eigenvalue weighted by atomic mass is 10.1. The molecular weight excluding hydrogens is 310 g/mol. The lowest BCUT2D eigenvalue weighted by Gasteiger charge is -2.08. The molecule has 0 radical (unpaired) electrons. The van der Waals surface area contributed by atoms with E-state index >= 15 is 0 Å². The van der Waals surface area contributed by atoms with Crippen molar-refractivity contribution in [2.75, 3.05) is 7.05 Å². The van der Waals surface area contributed by atoms with Gasteiger partial charge in [-0.25, -0.2) is 18.1 Å². The zero-order chi connectivity index (χ0) is 15.0. The number of fused-ring (bicyclic) bond motifs is 1. The molecule has 0 aliphatic rings. The van der Waals surface area contributed by atoms with Crippen molar-refractivity contribution in [1.82, 2.24) is 14.7 Å². The van der Waals surface area contributed by atoms with Gasteiger partial charge in [0.25, 0.3) is 0 Å². The molecule has 1 aromatic carbocycles. The molecule has 3 aromatic rings. The Hall–Kier alpha value is -1.89. The molecule has 0 fully saturated rings. The second-order valence-electron chi connectivity index (χ2n) is 4.46. The van der Waals surface area contributed by atoms with E-state index in [1.54, 1.807) is 30.6 Å². The average molecular weight is 322 g/mol. The molecule has 108 valence electrons. The Morgan fingerprint density at radius 1 is 1.29 bits per heavy atom. The fourth-order valence-electron chi connectivity index (χ4n) is 2.13. The smallest absolute Gasteiger partial charge is 0.240 e. The molecule has 0 spiro atoms. The van der Waals surface area contributed by atoms with E-state index in [4.69, 9.17) is 11.6 Å². The highest BCUT2D eigenvalue weighted by Crippen LogP contribution is 2.33. The summed E-state index contributed by atoms with van der Waals surface area (Å²) in [4.78, 5) is 7.46. The molecular formula is C14H12ClN3O2S. The largest absolute Gasteiger partial charge is 0.346 e. The summed E-state index contributed by atoms with van der Waals surface area (Å²) in [6.45, 7) is 0. The Morgan fingerprint density at radius 3 is 2.86 bits per heavy atom. The van der Waals surface area contributed by atoms with Gasteiger partial charge in [0, 0.05) is 23.3 Å². The van der Waals surface area contributed by atoms with Gasteiger partial charge in [0.1, 0.15) is 5.65 Å². The van der Waals surface area contributed by atoms with Crippen LogP contribution in [0.25, 0.3) is 22.2 Å². The molecule has 0 bridgehead atoms. The number of benzene rings is 1. The molecule has 3 rings (SSSR count). The van der Waals surface area contributed by atoms with Crippen LogP contribution in [0.15, 0.2) is 47.6 Å². The topological polar surface area (TPSA) is 74.8 Å². The number of halogens is 1. The van der Waals surface area contributed by atoms with Gasteiger partial charge in [-0.2, -0.15) is 0 Å². The summed E-state index contributed by atoms with van der Waals surface area (Å²) in [5.74, 6) is 0. The maximum Gasteiger partial charge on any atom is 0.240 e. The van der Waals surface area contributed by atoms with Gasteiger partial charge in [0.2, 0.25) is 10.0 Å². The van der Waals surface area contributed by atoms with Gasteiger partial charge in [0.15, 0.2) is 0 Å². The third-order valence-electron chi connectivity index (χ3n) is 3.24. The van der Waals surface area contributed by atoms with Crippen LogP contribution in [0.4, 0.5) is 0 Å². The molecule has 2 N–H and O–H groups in total. The third kappa shape index (κ3) is 2.42. The molecule has 5 nitrogen and oxygen atoms in total. The lowest BCUT2D eigenvalue weighted by Crippen LogP contribution is -2.18. The summed E-state index contributed by atoms with van der Waals surface area (Å²) >= 11 is 6.39. The number of aromatic nitrogens is 2. The van der Waals surface area contributed by atoms with Crippen molar-refractivity contribution in [3.05, 3.63) is 47.7 Å². The van der Waals surface area contributed by atoms with E-state index in [0.29, 0.717) is 21.8 Å². The van der Waals surface area contributed by atoms with E-state index in [1.165, 1.54) is 13.1 Å². The molecule has 2 aromatic heterocycles. The first kappa shape index (κ1) is 14.1. The zero-order valence-corrected chi connectivity index (χ0v) is 12.7. The minimum absolute atomic E-state index is 0.188. The van der Waals surface area contributed by atoms with Gasteiger partial charge in [0.05, 0.1) is 9.92 Å². The monoisotopic (exact) mass is 321 g/mol. The molecule has 0 amide bonds. The maximum absolute atomic E-state index is 11.9. The van der Waals surface area contributed by atoms with Crippen LogP contribution in [0, 0.1) is 0 Å². The quantitative estimate of drug-likeness (QED) is 0.779. The van der Waals surface area contributed by atoms with Crippen LogP contribution >= 0.6 is 11.6 Å². The number of rotatable bonds is 3. The van der Waals surface area contributed by atoms with Gasteiger partial charge in [-0.3, -0.25) is 0 Å². The second-order valence-corrected chi connectivity index (χ2v) is 6.73. The third-order valence-corrected chi connectivity index (χ3v) is 5.06. The minimum atomic E-state index is -3.49. The summed E-state index contributed by atoms with van der Waals surface area (Å²) in [5.41, 5.74) is 2.09. The van der Waals surface area contributed by atoms with Crippen molar-refractivity contribution in [1.29, 1.82) is 0 Å². The van der Waals surface area contributed by atoms with Crippen LogP contribution in [0.1, 0.15) is 0 Å². The zero-order valence-electron chi connectivity index (χ0n) is 11.1. The van der Waals surface area contributed by atoms with E-state index in [0.717, 1.165) is 5.39 Å². The van der Waals surface area contributed by atoms with Gasteiger partial charge in [-0.05, 0) is 30.8 Å². The number of H-pyrrole nitrogens is 1. The Balaban J connectivity index is 2.19. The minimum Gasteiger partial charge on any atom is -0.346 e. The van der Waals surface area contributed by atoms with E-state index < -0.39 is 10.0 Å². The lowest BCUT2D eigenvalue weighted by molar-refractivity contribution is 0.588. The van der Waals surface area contributed by atoms with Crippen LogP contribution in [0.5, 0.6) is 0 Å². The van der Waals surface area contributed by atoms with Crippen LogP contribution in [0.2, 0.25) is 5.02 Å². The number of aromatic amines is 1. The van der Waals surface area contributed by atoms with Crippen LogP contribution in [-0.2, 0) is 10.0 Å². The van der Waals surface area contributed by atoms with E-state index in [1.807, 2.05) is 6.07 Å². The summed E-state index contributed by atoms with van der Waals surface area (Å²) < 4.78 is 26.0. The summed E-state index contributed by atoms with van der Waals surface area (Å²) in [6.07, 6.45) is 3.39. The van der Waals surface area contributed by atoms with Crippen LogP contribution in [0.3, 0.4) is 0 Å². The SMILES string of the molecule is CNS(=O)(=O)c1cccc(-c2cnc3[nH]ccc3c2Cl)c1. The number of pyridine rings is 1. The second kappa shape index (κ2) is 5.14. The maximum atomic E-state index is 11.9. The molecule has 21 heavy (non-hydrogen) atoms. The normalized spacial score (nSPS) is 11.9. The first-order chi connectivity index (χ1) is 10.0. The molecule has 0 aliphatic carbocycles. The first-order valence-corrected chi connectivity index (χ1v) is 8.04. The number of sulfonamides is 1. The summed E-state index contributed by atoms with van der Waals surface area (Å²) in [5, 5.41) is 1.34. The molecule has 0 aliphatic heterocycles. The summed E-state index contributed by atoms with van der Waals surface area (Å²) in [6, 6.07) is 8.42. The Labute approximate surface area is 127 Å². The summed E-state index contributed by atoms with van der Waals surface area (Å²) in [7, 11) is -2.12. The highest BCUT2D eigenvalue weighted by molar-refractivity contribution is 7.89. The van der Waals surface area contributed by atoms with Crippen molar-refractivity contribution >= 4 is 32.7 Å². The van der Waals surface area contributed by atoms with E-state index in [-0.39, 0.29) is 4.90 Å². The molecule has 0 saturated carbocycles. The van der Waals surface area contributed by atoms with Gasteiger partial charge >= 0.3 is 0 Å². The Kier molecular flexibility index (Phi) is 3.44. The molecule has 0 atom stereocenters. The fraction of sp³-hybridized carbons (Fsp3) is 0.0714. The number of nitrogens with one attached hydrogen (secondary N) is 2. The van der Waals surface area contributed by atoms with Crippen molar-refractivity contribution < 1.29 is 8.42 Å². The van der Waals surface area contributed by atoms with Crippen molar-refractivity contribution in [2.24, 2.45) is 0 Å². The van der Waals surface area contributed by atoms with Crippen LogP contribution < -0.4 is 4.72 Å². The highest BCUT2D eigenvalue weighted by atomic mass is 35.5. The van der Waals surface area contributed by atoms with Gasteiger partial charge in [-0.15, -0.1) is 0 Å². The standard InChI is InChI=1S/C14H12ClN3O2S/c1-16-21(19,20)10-4-2-3-9(7-10)12-8-18-14-11(13(12)15)5-6-17-14/h2-8,16H,1H3,(H,17,18). The predicted molar refractivity (Wildman–Crippen MR) is 82.8 cm³/mol. The molecule has 0 saturated heterocycles. The molecule has 7 heteroatoms.